The Kier molecular flexibility index (Phi) is 10.3. The Morgan fingerprint density at radius 1 is 1.12 bits per heavy atom. The molecular formula is C30H39NO2S. The van der Waals surface area contributed by atoms with Crippen LogP contribution in [0.5, 0.6) is 5.75 Å². The van der Waals surface area contributed by atoms with Crippen molar-refractivity contribution in [3.05, 3.63) is 71.0 Å². The summed E-state index contributed by atoms with van der Waals surface area (Å²) in [4.78, 5) is 14.2. The molecule has 1 aliphatic carbocycles. The van der Waals surface area contributed by atoms with Gasteiger partial charge in [0.1, 0.15) is 5.75 Å². The number of amides is 1. The fraction of sp³-hybridized carbons (Fsp3) is 0.433. The smallest absolute Gasteiger partial charge is 0.251 e. The lowest BCUT2D eigenvalue weighted by molar-refractivity contribution is -0.112. The average Bonchev–Trinajstić information content (AvgIpc) is 2.88. The Labute approximate surface area is 210 Å². The molecule has 0 atom stereocenters. The van der Waals surface area contributed by atoms with Gasteiger partial charge in [-0.2, -0.15) is 0 Å². The zero-order valence-electron chi connectivity index (χ0n) is 20.9. The van der Waals surface area contributed by atoms with Crippen molar-refractivity contribution >= 4 is 23.4 Å². The molecule has 1 N–H and O–H groups in total. The van der Waals surface area contributed by atoms with Gasteiger partial charge in [-0.15, -0.1) is 11.8 Å². The SMILES string of the molecule is C=C(S/C=C(\C)C(=O)Nc1cc(OC)ccc1-c1ccccc1)C1CCC(CCCCC)CC1. The maximum Gasteiger partial charge on any atom is 0.251 e. The van der Waals surface area contributed by atoms with E-state index in [9.17, 15) is 4.79 Å². The standard InChI is InChI=1S/C30H39NO2S/c1-5-6-8-11-24-14-16-25(17-15-24)23(3)34-21-22(2)30(32)31-29-20-27(33-4)18-19-28(29)26-12-9-7-10-13-26/h7,9-10,12-13,18-21,24-25H,3,5-6,8,11,14-17H2,1-2,4H3,(H,31,32)/b22-21+. The summed E-state index contributed by atoms with van der Waals surface area (Å²) in [5.74, 6) is 2.06. The first-order valence-corrected chi connectivity index (χ1v) is 13.5. The van der Waals surface area contributed by atoms with Crippen LogP contribution in [0.1, 0.15) is 65.2 Å². The minimum absolute atomic E-state index is 0.106. The van der Waals surface area contributed by atoms with E-state index in [0.29, 0.717) is 17.2 Å². The molecule has 182 valence electrons. The van der Waals surface area contributed by atoms with Crippen LogP contribution in [-0.2, 0) is 4.79 Å². The van der Waals surface area contributed by atoms with Gasteiger partial charge >= 0.3 is 0 Å². The number of unbranched alkanes of at least 4 members (excludes halogenated alkanes) is 2. The first-order chi connectivity index (χ1) is 16.5. The monoisotopic (exact) mass is 477 g/mol. The lowest BCUT2D eigenvalue weighted by atomic mass is 9.80. The van der Waals surface area contributed by atoms with E-state index in [0.717, 1.165) is 22.7 Å². The molecular weight excluding hydrogens is 438 g/mol. The van der Waals surface area contributed by atoms with Crippen molar-refractivity contribution in [1.82, 2.24) is 0 Å². The Bertz CT molecular complexity index is 975. The summed E-state index contributed by atoms with van der Waals surface area (Å²) in [6, 6.07) is 15.8. The van der Waals surface area contributed by atoms with E-state index in [2.05, 4.69) is 18.8 Å². The van der Waals surface area contributed by atoms with Crippen molar-refractivity contribution in [3.8, 4) is 16.9 Å². The van der Waals surface area contributed by atoms with Gasteiger partial charge in [-0.25, -0.2) is 0 Å². The molecule has 1 amide bonds. The minimum Gasteiger partial charge on any atom is -0.497 e. The number of nitrogens with one attached hydrogen (secondary N) is 1. The fourth-order valence-corrected chi connectivity index (χ4v) is 5.48. The summed E-state index contributed by atoms with van der Waals surface area (Å²) >= 11 is 1.62. The van der Waals surface area contributed by atoms with E-state index in [1.807, 2.05) is 60.9 Å². The Morgan fingerprint density at radius 2 is 1.85 bits per heavy atom. The molecule has 0 unspecified atom stereocenters. The number of thioether (sulfide) groups is 1. The van der Waals surface area contributed by atoms with Crippen LogP contribution in [0.4, 0.5) is 5.69 Å². The molecule has 0 bridgehead atoms. The molecule has 3 nitrogen and oxygen atoms in total. The maximum atomic E-state index is 13.0. The first kappa shape index (κ1) is 26.2. The lowest BCUT2D eigenvalue weighted by Crippen LogP contribution is -2.15. The lowest BCUT2D eigenvalue weighted by Gasteiger charge is -2.29. The van der Waals surface area contributed by atoms with Crippen molar-refractivity contribution in [2.24, 2.45) is 11.8 Å². The maximum absolute atomic E-state index is 13.0. The Hall–Kier alpha value is -2.46. The molecule has 34 heavy (non-hydrogen) atoms. The van der Waals surface area contributed by atoms with Crippen LogP contribution in [-0.4, -0.2) is 13.0 Å². The molecule has 4 heteroatoms. The zero-order chi connectivity index (χ0) is 24.3. The van der Waals surface area contributed by atoms with Gasteiger partial charge in [0.25, 0.3) is 5.91 Å². The third-order valence-corrected chi connectivity index (χ3v) is 7.93. The van der Waals surface area contributed by atoms with Gasteiger partial charge in [0.15, 0.2) is 0 Å². The number of rotatable bonds is 11. The number of allylic oxidation sites excluding steroid dienone is 1. The van der Waals surface area contributed by atoms with Gasteiger partial charge in [0.2, 0.25) is 0 Å². The van der Waals surface area contributed by atoms with Gasteiger partial charge < -0.3 is 10.1 Å². The summed E-state index contributed by atoms with van der Waals surface area (Å²) in [5, 5.41) is 5.04. The predicted octanol–water partition coefficient (Wildman–Crippen LogP) is 8.84. The molecule has 1 aliphatic rings. The number of carbonyl (C=O) groups excluding carboxylic acids is 1. The second-order valence-corrected chi connectivity index (χ2v) is 10.3. The van der Waals surface area contributed by atoms with Crippen molar-refractivity contribution in [2.45, 2.75) is 65.2 Å². The van der Waals surface area contributed by atoms with Crippen LogP contribution in [0.3, 0.4) is 0 Å². The number of hydrogen-bond acceptors (Lipinski definition) is 3. The summed E-state index contributed by atoms with van der Waals surface area (Å²) in [6.07, 6.45) is 10.5. The molecule has 1 saturated carbocycles. The number of methoxy groups -OCH3 is 1. The summed E-state index contributed by atoms with van der Waals surface area (Å²) in [5.41, 5.74) is 3.44. The first-order valence-electron chi connectivity index (χ1n) is 12.6. The number of benzene rings is 2. The second kappa shape index (κ2) is 13.4. The molecule has 2 aromatic rings. The number of carbonyl (C=O) groups is 1. The molecule has 0 aliphatic heterocycles. The van der Waals surface area contributed by atoms with Gasteiger partial charge in [-0.05, 0) is 72.5 Å². The highest BCUT2D eigenvalue weighted by atomic mass is 32.2. The minimum atomic E-state index is -0.106. The molecule has 3 rings (SSSR count). The van der Waals surface area contributed by atoms with E-state index >= 15 is 0 Å². The van der Waals surface area contributed by atoms with E-state index in [-0.39, 0.29) is 5.91 Å². The fourth-order valence-electron chi connectivity index (χ4n) is 4.61. The van der Waals surface area contributed by atoms with Crippen molar-refractivity contribution in [1.29, 1.82) is 0 Å². The highest BCUT2D eigenvalue weighted by Gasteiger charge is 2.23. The molecule has 0 aromatic heterocycles. The normalized spacial score (nSPS) is 18.4. The second-order valence-electron chi connectivity index (χ2n) is 9.33. The zero-order valence-corrected chi connectivity index (χ0v) is 21.8. The van der Waals surface area contributed by atoms with Crippen molar-refractivity contribution in [3.63, 3.8) is 0 Å². The van der Waals surface area contributed by atoms with Gasteiger partial charge in [-0.1, -0.05) is 69.5 Å². The summed E-state index contributed by atoms with van der Waals surface area (Å²) in [6.45, 7) is 8.48. The topological polar surface area (TPSA) is 38.3 Å². The summed E-state index contributed by atoms with van der Waals surface area (Å²) < 4.78 is 5.39. The Morgan fingerprint density at radius 3 is 2.53 bits per heavy atom. The predicted molar refractivity (Wildman–Crippen MR) is 147 cm³/mol. The molecule has 2 aromatic carbocycles. The molecule has 0 heterocycles. The molecule has 0 radical (unpaired) electrons. The van der Waals surface area contributed by atoms with Crippen molar-refractivity contribution < 1.29 is 9.53 Å². The van der Waals surface area contributed by atoms with E-state index in [4.69, 9.17) is 4.74 Å². The van der Waals surface area contributed by atoms with Crippen LogP contribution in [0.15, 0.2) is 71.0 Å². The van der Waals surface area contributed by atoms with E-state index < -0.39 is 0 Å². The number of ether oxygens (including phenoxy) is 1. The molecule has 1 fully saturated rings. The highest BCUT2D eigenvalue weighted by molar-refractivity contribution is 8.05. The van der Waals surface area contributed by atoms with Crippen LogP contribution < -0.4 is 10.1 Å². The van der Waals surface area contributed by atoms with E-state index in [1.165, 1.54) is 56.3 Å². The van der Waals surface area contributed by atoms with Crippen LogP contribution in [0.25, 0.3) is 11.1 Å². The average molecular weight is 478 g/mol. The molecule has 0 spiro atoms. The van der Waals surface area contributed by atoms with Gasteiger partial charge in [-0.3, -0.25) is 4.79 Å². The van der Waals surface area contributed by atoms with Crippen molar-refractivity contribution in [2.75, 3.05) is 12.4 Å². The van der Waals surface area contributed by atoms with Gasteiger partial charge in [0.05, 0.1) is 12.8 Å². The third-order valence-electron chi connectivity index (χ3n) is 6.82. The van der Waals surface area contributed by atoms with Crippen LogP contribution >= 0.6 is 11.8 Å². The van der Waals surface area contributed by atoms with Crippen LogP contribution in [0.2, 0.25) is 0 Å². The molecule has 0 saturated heterocycles. The summed E-state index contributed by atoms with van der Waals surface area (Å²) in [7, 11) is 1.63. The quantitative estimate of drug-likeness (QED) is 0.259. The third kappa shape index (κ3) is 7.53. The largest absolute Gasteiger partial charge is 0.497 e. The number of anilines is 1. The van der Waals surface area contributed by atoms with E-state index in [1.54, 1.807) is 18.9 Å². The van der Waals surface area contributed by atoms with Crippen LogP contribution in [0, 0.1) is 11.8 Å². The number of hydrogen-bond donors (Lipinski definition) is 1. The Balaban J connectivity index is 1.58. The highest BCUT2D eigenvalue weighted by Crippen LogP contribution is 2.39. The van der Waals surface area contributed by atoms with Gasteiger partial charge in [0, 0.05) is 17.2 Å².